The van der Waals surface area contributed by atoms with Crippen LogP contribution in [0.15, 0.2) is 47.0 Å². The van der Waals surface area contributed by atoms with E-state index >= 15 is 0 Å². The summed E-state index contributed by atoms with van der Waals surface area (Å²) >= 11 is 6.07. The molecule has 1 amide bonds. The van der Waals surface area contributed by atoms with Crippen molar-refractivity contribution in [3.05, 3.63) is 58.9 Å². The second kappa shape index (κ2) is 6.83. The Labute approximate surface area is 165 Å². The van der Waals surface area contributed by atoms with E-state index in [1.807, 2.05) is 42.5 Å². The lowest BCUT2D eigenvalue weighted by molar-refractivity contribution is -0.129. The second-order valence-corrected chi connectivity index (χ2v) is 7.17. The van der Waals surface area contributed by atoms with E-state index in [2.05, 4.69) is 10.1 Å². The van der Waals surface area contributed by atoms with E-state index < -0.39 is 0 Å². The Morgan fingerprint density at radius 3 is 2.93 bits per heavy atom. The minimum Gasteiger partial charge on any atom is -0.454 e. The van der Waals surface area contributed by atoms with E-state index in [0.717, 1.165) is 11.1 Å². The third-order valence-corrected chi connectivity index (χ3v) is 5.16. The van der Waals surface area contributed by atoms with E-state index in [1.54, 1.807) is 4.90 Å². The van der Waals surface area contributed by atoms with E-state index in [4.69, 9.17) is 25.6 Å². The molecule has 2 aliphatic heterocycles. The number of carbonyl (C=O) groups excluding carboxylic acids is 1. The van der Waals surface area contributed by atoms with Crippen LogP contribution in [-0.2, 0) is 11.3 Å². The molecule has 1 aromatic heterocycles. The first-order valence-electron chi connectivity index (χ1n) is 8.95. The lowest BCUT2D eigenvalue weighted by Crippen LogP contribution is -2.27. The fraction of sp³-hybridized carbons (Fsp3) is 0.250. The molecule has 7 nitrogen and oxygen atoms in total. The quantitative estimate of drug-likeness (QED) is 0.662. The van der Waals surface area contributed by atoms with Crippen LogP contribution in [0.1, 0.15) is 30.3 Å². The number of likely N-dealkylation sites (tertiary alicyclic amines) is 1. The number of benzene rings is 2. The number of fused-ring (bicyclic) bond motifs is 1. The molecular weight excluding hydrogens is 382 g/mol. The maximum Gasteiger partial charge on any atom is 0.249 e. The summed E-state index contributed by atoms with van der Waals surface area (Å²) in [6.45, 7) is 0.657. The zero-order valence-corrected chi connectivity index (χ0v) is 15.6. The van der Waals surface area contributed by atoms with Crippen LogP contribution < -0.4 is 9.47 Å². The number of aromatic nitrogens is 2. The van der Waals surface area contributed by atoms with Crippen LogP contribution in [0.5, 0.6) is 11.5 Å². The van der Waals surface area contributed by atoms with Crippen molar-refractivity contribution in [2.45, 2.75) is 25.4 Å². The smallest absolute Gasteiger partial charge is 0.249 e. The first-order valence-corrected chi connectivity index (χ1v) is 9.33. The van der Waals surface area contributed by atoms with E-state index in [0.29, 0.717) is 47.6 Å². The third kappa shape index (κ3) is 3.07. The lowest BCUT2D eigenvalue weighted by atomic mass is 10.1. The highest BCUT2D eigenvalue weighted by Gasteiger charge is 2.36. The first kappa shape index (κ1) is 17.1. The number of nitrogens with zero attached hydrogens (tertiary/aromatic N) is 3. The summed E-state index contributed by atoms with van der Waals surface area (Å²) in [6, 6.07) is 12.7. The van der Waals surface area contributed by atoms with Crippen LogP contribution in [0, 0.1) is 0 Å². The zero-order chi connectivity index (χ0) is 19.1. The summed E-state index contributed by atoms with van der Waals surface area (Å²) in [5.74, 6) is 2.30. The first-order chi connectivity index (χ1) is 13.7. The van der Waals surface area contributed by atoms with Crippen molar-refractivity contribution in [3.8, 4) is 22.9 Å². The van der Waals surface area contributed by atoms with Gasteiger partial charge in [0.1, 0.15) is 6.04 Å². The van der Waals surface area contributed by atoms with E-state index in [1.165, 1.54) is 0 Å². The molecule has 1 fully saturated rings. The molecule has 142 valence electrons. The van der Waals surface area contributed by atoms with Crippen LogP contribution in [0.2, 0.25) is 5.02 Å². The van der Waals surface area contributed by atoms with Crippen molar-refractivity contribution >= 4 is 17.5 Å². The van der Waals surface area contributed by atoms with Gasteiger partial charge in [0.05, 0.1) is 0 Å². The predicted octanol–water partition coefficient (Wildman–Crippen LogP) is 3.98. The number of ether oxygens (including phenoxy) is 2. The van der Waals surface area contributed by atoms with Gasteiger partial charge in [-0.3, -0.25) is 4.79 Å². The molecule has 1 atom stereocenters. The number of hydrogen-bond donors (Lipinski definition) is 0. The molecule has 28 heavy (non-hydrogen) atoms. The molecule has 1 saturated heterocycles. The maximum atomic E-state index is 12.4. The van der Waals surface area contributed by atoms with Gasteiger partial charge in [0.25, 0.3) is 0 Å². The van der Waals surface area contributed by atoms with Crippen molar-refractivity contribution in [2.24, 2.45) is 0 Å². The highest BCUT2D eigenvalue weighted by Crippen LogP contribution is 2.37. The number of hydrogen-bond acceptors (Lipinski definition) is 6. The monoisotopic (exact) mass is 397 g/mol. The minimum absolute atomic E-state index is 0.0628. The van der Waals surface area contributed by atoms with Gasteiger partial charge in [-0.25, -0.2) is 0 Å². The molecular formula is C20H16ClN3O4. The van der Waals surface area contributed by atoms with Gasteiger partial charge in [-0.1, -0.05) is 28.9 Å². The SMILES string of the molecule is O=C1CCC(c2nc(-c3ccc4c(c3)OCO4)no2)N1Cc1cccc(Cl)c1. The molecule has 0 aliphatic carbocycles. The molecule has 3 aromatic rings. The molecule has 1 unspecified atom stereocenters. The molecule has 5 rings (SSSR count). The molecule has 8 heteroatoms. The summed E-state index contributed by atoms with van der Waals surface area (Å²) in [4.78, 5) is 18.7. The van der Waals surface area contributed by atoms with Crippen molar-refractivity contribution in [1.29, 1.82) is 0 Å². The maximum absolute atomic E-state index is 12.4. The Kier molecular flexibility index (Phi) is 4.16. The molecule has 2 aliphatic rings. The molecule has 0 spiro atoms. The van der Waals surface area contributed by atoms with Gasteiger partial charge in [0, 0.05) is 23.6 Å². The molecule has 0 bridgehead atoms. The normalized spacial score (nSPS) is 18.1. The summed E-state index contributed by atoms with van der Waals surface area (Å²) in [6.07, 6.45) is 1.09. The van der Waals surface area contributed by atoms with Crippen LogP contribution in [-0.4, -0.2) is 27.7 Å². The highest BCUT2D eigenvalue weighted by atomic mass is 35.5. The summed E-state index contributed by atoms with van der Waals surface area (Å²) < 4.78 is 16.2. The standard InChI is InChI=1S/C20H16ClN3O4/c21-14-3-1-2-12(8-14)10-24-15(5-7-18(24)25)20-22-19(23-28-20)13-4-6-16-17(9-13)27-11-26-16/h1-4,6,8-9,15H,5,7,10-11H2. The molecule has 0 N–H and O–H groups in total. The summed E-state index contributed by atoms with van der Waals surface area (Å²) in [7, 11) is 0. The van der Waals surface area contributed by atoms with Gasteiger partial charge in [0.15, 0.2) is 11.5 Å². The Balaban J connectivity index is 1.40. The van der Waals surface area contributed by atoms with Crippen molar-refractivity contribution in [3.63, 3.8) is 0 Å². The average molecular weight is 398 g/mol. The molecule has 0 radical (unpaired) electrons. The fourth-order valence-electron chi connectivity index (χ4n) is 3.54. The van der Waals surface area contributed by atoms with E-state index in [9.17, 15) is 4.79 Å². The highest BCUT2D eigenvalue weighted by molar-refractivity contribution is 6.30. The molecule has 0 saturated carbocycles. The number of amides is 1. The van der Waals surface area contributed by atoms with Gasteiger partial charge >= 0.3 is 0 Å². The molecule has 2 aromatic carbocycles. The van der Waals surface area contributed by atoms with Gasteiger partial charge in [-0.2, -0.15) is 4.98 Å². The topological polar surface area (TPSA) is 77.7 Å². The largest absolute Gasteiger partial charge is 0.454 e. The van der Waals surface area contributed by atoms with Gasteiger partial charge in [-0.15, -0.1) is 0 Å². The van der Waals surface area contributed by atoms with Gasteiger partial charge in [0.2, 0.25) is 24.4 Å². The minimum atomic E-state index is -0.248. The van der Waals surface area contributed by atoms with Crippen molar-refractivity contribution < 1.29 is 18.8 Å². The number of carbonyl (C=O) groups is 1. The Morgan fingerprint density at radius 2 is 2.04 bits per heavy atom. The average Bonchev–Trinajstić information content (AvgIpc) is 3.42. The van der Waals surface area contributed by atoms with Crippen molar-refractivity contribution in [2.75, 3.05) is 6.79 Å². The van der Waals surface area contributed by atoms with Crippen LogP contribution in [0.3, 0.4) is 0 Å². The Hall–Kier alpha value is -3.06. The van der Waals surface area contributed by atoms with Gasteiger partial charge < -0.3 is 18.9 Å². The third-order valence-electron chi connectivity index (χ3n) is 4.93. The van der Waals surface area contributed by atoms with Crippen LogP contribution >= 0.6 is 11.6 Å². The predicted molar refractivity (Wildman–Crippen MR) is 99.8 cm³/mol. The lowest BCUT2D eigenvalue weighted by Gasteiger charge is -2.22. The summed E-state index contributed by atoms with van der Waals surface area (Å²) in [5.41, 5.74) is 1.73. The fourth-order valence-corrected chi connectivity index (χ4v) is 3.76. The second-order valence-electron chi connectivity index (χ2n) is 6.73. The van der Waals surface area contributed by atoms with Gasteiger partial charge in [-0.05, 0) is 42.3 Å². The molecule has 3 heterocycles. The number of rotatable bonds is 4. The van der Waals surface area contributed by atoms with Crippen LogP contribution in [0.25, 0.3) is 11.4 Å². The number of halogens is 1. The zero-order valence-electron chi connectivity index (χ0n) is 14.8. The Bertz CT molecular complexity index is 1050. The van der Waals surface area contributed by atoms with E-state index in [-0.39, 0.29) is 18.7 Å². The van der Waals surface area contributed by atoms with Crippen molar-refractivity contribution in [1.82, 2.24) is 15.0 Å². The Morgan fingerprint density at radius 1 is 1.14 bits per heavy atom. The van der Waals surface area contributed by atoms with Crippen LogP contribution in [0.4, 0.5) is 0 Å². The summed E-state index contributed by atoms with van der Waals surface area (Å²) in [5, 5.41) is 4.74.